The van der Waals surface area contributed by atoms with Crippen LogP contribution in [-0.2, 0) is 11.2 Å². The maximum Gasteiger partial charge on any atom is 0.337 e. The van der Waals surface area contributed by atoms with E-state index < -0.39 is 5.97 Å². The van der Waals surface area contributed by atoms with Crippen molar-refractivity contribution >= 4 is 45.1 Å². The lowest BCUT2D eigenvalue weighted by atomic mass is 10.1. The number of hydrogen-bond donors (Lipinski definition) is 2. The van der Waals surface area contributed by atoms with Gasteiger partial charge in [0.15, 0.2) is 0 Å². The number of nitrogens with one attached hydrogen (secondary N) is 1. The van der Waals surface area contributed by atoms with Gasteiger partial charge in [-0.25, -0.2) is 4.79 Å². The monoisotopic (exact) mass is 381 g/mol. The van der Waals surface area contributed by atoms with E-state index >= 15 is 0 Å². The highest BCUT2D eigenvalue weighted by atomic mass is 79.9. The molecular weight excluding hydrogens is 370 g/mol. The molecule has 0 spiro atoms. The number of hydrogen-bond acceptors (Lipinski definition) is 2. The summed E-state index contributed by atoms with van der Waals surface area (Å²) in [7, 11) is 0. The number of halogens is 2. The average molecular weight is 383 g/mol. The van der Waals surface area contributed by atoms with Crippen molar-refractivity contribution in [2.45, 2.75) is 12.8 Å². The molecule has 2 N–H and O–H groups in total. The molecule has 1 amide bonds. The number of carboxylic acids is 1. The highest BCUT2D eigenvalue weighted by Gasteiger charge is 2.13. The van der Waals surface area contributed by atoms with Crippen LogP contribution in [0, 0.1) is 0 Å². The molecule has 0 heterocycles. The third kappa shape index (κ3) is 4.58. The fourth-order valence-electron chi connectivity index (χ4n) is 1.97. The smallest absolute Gasteiger partial charge is 0.337 e. The predicted molar refractivity (Wildman–Crippen MR) is 89.5 cm³/mol. The molecule has 0 aliphatic rings. The number of anilines is 1. The van der Waals surface area contributed by atoms with Crippen molar-refractivity contribution in [3.8, 4) is 0 Å². The van der Waals surface area contributed by atoms with Crippen LogP contribution in [0.1, 0.15) is 22.3 Å². The van der Waals surface area contributed by atoms with Gasteiger partial charge >= 0.3 is 5.97 Å². The van der Waals surface area contributed by atoms with Crippen LogP contribution in [0.2, 0.25) is 5.02 Å². The zero-order valence-corrected chi connectivity index (χ0v) is 13.8. The van der Waals surface area contributed by atoms with Crippen molar-refractivity contribution in [1.29, 1.82) is 0 Å². The highest BCUT2D eigenvalue weighted by molar-refractivity contribution is 9.10. The summed E-state index contributed by atoms with van der Waals surface area (Å²) in [5.41, 5.74) is 1.25. The van der Waals surface area contributed by atoms with Crippen molar-refractivity contribution < 1.29 is 14.7 Å². The van der Waals surface area contributed by atoms with Gasteiger partial charge in [-0.3, -0.25) is 4.79 Å². The fraction of sp³-hybridized carbons (Fsp3) is 0.125. The van der Waals surface area contributed by atoms with Gasteiger partial charge in [-0.1, -0.05) is 39.7 Å². The molecule has 0 fully saturated rings. The van der Waals surface area contributed by atoms with Gasteiger partial charge in [0.05, 0.1) is 11.3 Å². The lowest BCUT2D eigenvalue weighted by Gasteiger charge is -2.09. The molecule has 0 aliphatic heterocycles. The number of amides is 1. The molecule has 0 aromatic heterocycles. The van der Waals surface area contributed by atoms with Gasteiger partial charge in [-0.2, -0.15) is 0 Å². The minimum atomic E-state index is -1.13. The summed E-state index contributed by atoms with van der Waals surface area (Å²) in [6.45, 7) is 0. The number of carbonyl (C=O) groups excluding carboxylic acids is 1. The van der Waals surface area contributed by atoms with E-state index in [0.29, 0.717) is 11.4 Å². The Bertz CT molecular complexity index is 718. The van der Waals surface area contributed by atoms with Crippen LogP contribution in [0.3, 0.4) is 0 Å². The molecule has 2 aromatic carbocycles. The van der Waals surface area contributed by atoms with Crippen LogP contribution < -0.4 is 5.32 Å². The number of carbonyl (C=O) groups is 2. The second-order valence-electron chi connectivity index (χ2n) is 4.67. The molecule has 0 atom stereocenters. The first-order valence-corrected chi connectivity index (χ1v) is 7.70. The molecule has 6 heteroatoms. The van der Waals surface area contributed by atoms with Crippen LogP contribution in [0.25, 0.3) is 0 Å². The Morgan fingerprint density at radius 2 is 1.95 bits per heavy atom. The van der Waals surface area contributed by atoms with E-state index in [-0.39, 0.29) is 23.6 Å². The van der Waals surface area contributed by atoms with E-state index in [0.717, 1.165) is 10.0 Å². The molecule has 4 nitrogen and oxygen atoms in total. The Labute approximate surface area is 141 Å². The Kier molecular flexibility index (Phi) is 5.57. The molecule has 22 heavy (non-hydrogen) atoms. The van der Waals surface area contributed by atoms with Gasteiger partial charge in [0.1, 0.15) is 0 Å². The number of aryl methyl sites for hydroxylation is 1. The lowest BCUT2D eigenvalue weighted by molar-refractivity contribution is -0.116. The summed E-state index contributed by atoms with van der Waals surface area (Å²) in [6, 6.07) is 12.0. The Morgan fingerprint density at radius 1 is 1.18 bits per heavy atom. The summed E-state index contributed by atoms with van der Waals surface area (Å²) in [5.74, 6) is -1.38. The average Bonchev–Trinajstić information content (AvgIpc) is 2.47. The number of rotatable bonds is 5. The van der Waals surface area contributed by atoms with Crippen LogP contribution in [0.15, 0.2) is 46.9 Å². The quantitative estimate of drug-likeness (QED) is 0.807. The van der Waals surface area contributed by atoms with Crippen molar-refractivity contribution in [2.24, 2.45) is 0 Å². The van der Waals surface area contributed by atoms with Crippen molar-refractivity contribution in [2.75, 3.05) is 5.32 Å². The minimum Gasteiger partial charge on any atom is -0.478 e. The summed E-state index contributed by atoms with van der Waals surface area (Å²) in [6.07, 6.45) is 0.833. The van der Waals surface area contributed by atoms with E-state index in [2.05, 4.69) is 21.2 Å². The summed E-state index contributed by atoms with van der Waals surface area (Å²) in [5, 5.41) is 12.0. The molecule has 0 radical (unpaired) electrons. The molecular formula is C16H13BrClNO3. The van der Waals surface area contributed by atoms with Gasteiger partial charge in [-0.15, -0.1) is 0 Å². The van der Waals surface area contributed by atoms with Crippen molar-refractivity contribution in [3.63, 3.8) is 0 Å². The third-order valence-electron chi connectivity index (χ3n) is 3.02. The second kappa shape index (κ2) is 7.42. The van der Waals surface area contributed by atoms with E-state index in [1.54, 1.807) is 0 Å². The molecule has 114 valence electrons. The Balaban J connectivity index is 2.02. The zero-order valence-electron chi connectivity index (χ0n) is 11.5. The second-order valence-corrected chi connectivity index (χ2v) is 6.03. The molecule has 0 bridgehead atoms. The van der Waals surface area contributed by atoms with Gasteiger partial charge < -0.3 is 10.4 Å². The zero-order chi connectivity index (χ0) is 16.1. The first-order chi connectivity index (χ1) is 10.5. The van der Waals surface area contributed by atoms with Crippen LogP contribution >= 0.6 is 27.5 Å². The van der Waals surface area contributed by atoms with E-state index in [1.165, 1.54) is 18.2 Å². The minimum absolute atomic E-state index is 0.0247. The van der Waals surface area contributed by atoms with Crippen molar-refractivity contribution in [3.05, 3.63) is 63.1 Å². The van der Waals surface area contributed by atoms with Gasteiger partial charge in [0.2, 0.25) is 5.91 Å². The number of benzene rings is 2. The summed E-state index contributed by atoms with van der Waals surface area (Å²) < 4.78 is 0.955. The van der Waals surface area contributed by atoms with E-state index in [9.17, 15) is 9.59 Å². The predicted octanol–water partition coefficient (Wildman–Crippen LogP) is 4.37. The molecule has 0 unspecified atom stereocenters. The van der Waals surface area contributed by atoms with Crippen LogP contribution in [-0.4, -0.2) is 17.0 Å². The molecule has 0 saturated carbocycles. The normalized spacial score (nSPS) is 10.3. The molecule has 2 rings (SSSR count). The molecule has 2 aromatic rings. The van der Waals surface area contributed by atoms with Gasteiger partial charge in [0.25, 0.3) is 0 Å². The van der Waals surface area contributed by atoms with Gasteiger partial charge in [0, 0.05) is 15.9 Å². The summed E-state index contributed by atoms with van der Waals surface area (Å²) >= 11 is 9.15. The largest absolute Gasteiger partial charge is 0.478 e. The Hall–Kier alpha value is -1.85. The van der Waals surface area contributed by atoms with Crippen LogP contribution in [0.5, 0.6) is 0 Å². The Morgan fingerprint density at radius 3 is 2.64 bits per heavy atom. The van der Waals surface area contributed by atoms with E-state index in [1.807, 2.05) is 24.3 Å². The topological polar surface area (TPSA) is 66.4 Å². The van der Waals surface area contributed by atoms with Gasteiger partial charge in [-0.05, 0) is 42.3 Å². The van der Waals surface area contributed by atoms with E-state index in [4.69, 9.17) is 16.7 Å². The maximum absolute atomic E-state index is 12.0. The third-order valence-corrected chi connectivity index (χ3v) is 3.74. The first kappa shape index (κ1) is 16.5. The molecule has 0 aliphatic carbocycles. The number of carboxylic acid groups (broad SMARTS) is 1. The SMILES string of the molecule is O=C(CCc1cccc(Br)c1)Nc1ccc(Cl)cc1C(=O)O. The number of aromatic carboxylic acids is 1. The fourth-order valence-corrected chi connectivity index (χ4v) is 2.58. The standard InChI is InChI=1S/C16H13BrClNO3/c17-11-3-1-2-10(8-11)4-7-15(20)19-14-6-5-12(18)9-13(14)16(21)22/h1-3,5-6,8-9H,4,7H2,(H,19,20)(H,21,22). The summed E-state index contributed by atoms with van der Waals surface area (Å²) in [4.78, 5) is 23.1. The van der Waals surface area contributed by atoms with Crippen LogP contribution in [0.4, 0.5) is 5.69 Å². The maximum atomic E-state index is 12.0. The molecule has 0 saturated heterocycles. The first-order valence-electron chi connectivity index (χ1n) is 6.53. The lowest BCUT2D eigenvalue weighted by Crippen LogP contribution is -2.15. The highest BCUT2D eigenvalue weighted by Crippen LogP contribution is 2.21. The van der Waals surface area contributed by atoms with Crippen molar-refractivity contribution in [1.82, 2.24) is 0 Å².